The van der Waals surface area contributed by atoms with Gasteiger partial charge in [-0.1, -0.05) is 54.6 Å². The van der Waals surface area contributed by atoms with Crippen molar-refractivity contribution in [3.8, 4) is 0 Å². The van der Waals surface area contributed by atoms with Crippen LogP contribution in [0.3, 0.4) is 0 Å². The number of benzene rings is 2. The molecular weight excluding hydrogens is 348 g/mol. The number of halogens is 1. The largest absolute Gasteiger partial charge is 0.375 e. The molecule has 0 bridgehead atoms. The van der Waals surface area contributed by atoms with E-state index in [9.17, 15) is 4.79 Å². The van der Waals surface area contributed by atoms with Crippen LogP contribution in [-0.4, -0.2) is 42.6 Å². The Morgan fingerprint density at radius 3 is 2.62 bits per heavy atom. The second-order valence-electron chi connectivity index (χ2n) is 6.89. The number of morpholine rings is 1. The van der Waals surface area contributed by atoms with Crippen LogP contribution in [-0.2, 0) is 16.1 Å². The summed E-state index contributed by atoms with van der Waals surface area (Å²) in [4.78, 5) is 15.1. The van der Waals surface area contributed by atoms with Gasteiger partial charge in [0.25, 0.3) is 0 Å². The van der Waals surface area contributed by atoms with Crippen LogP contribution >= 0.6 is 12.4 Å². The van der Waals surface area contributed by atoms with Crippen molar-refractivity contribution in [2.75, 3.05) is 19.7 Å². The van der Waals surface area contributed by atoms with Crippen LogP contribution in [0, 0.1) is 0 Å². The average Bonchev–Trinajstić information content (AvgIpc) is 2.67. The molecule has 1 saturated heterocycles. The summed E-state index contributed by atoms with van der Waals surface area (Å²) in [6.45, 7) is 4.75. The van der Waals surface area contributed by atoms with Crippen molar-refractivity contribution in [2.24, 2.45) is 0 Å². The van der Waals surface area contributed by atoms with Gasteiger partial charge in [0.05, 0.1) is 12.7 Å². The van der Waals surface area contributed by atoms with E-state index in [4.69, 9.17) is 4.74 Å². The fourth-order valence-corrected chi connectivity index (χ4v) is 3.95. The van der Waals surface area contributed by atoms with Gasteiger partial charge in [-0.2, -0.15) is 0 Å². The van der Waals surface area contributed by atoms with Crippen LogP contribution in [0.25, 0.3) is 0 Å². The molecule has 2 aromatic carbocycles. The summed E-state index contributed by atoms with van der Waals surface area (Å²) in [5, 5.41) is 3.33. The first-order valence-electron chi connectivity index (χ1n) is 9.00. The Morgan fingerprint density at radius 1 is 1.12 bits per heavy atom. The van der Waals surface area contributed by atoms with E-state index < -0.39 is 0 Å². The highest BCUT2D eigenvalue weighted by atomic mass is 35.5. The lowest BCUT2D eigenvalue weighted by Crippen LogP contribution is -2.57. The van der Waals surface area contributed by atoms with Crippen LogP contribution < -0.4 is 5.32 Å². The van der Waals surface area contributed by atoms with Gasteiger partial charge in [-0.25, -0.2) is 0 Å². The molecule has 0 spiro atoms. The monoisotopic (exact) mass is 372 g/mol. The van der Waals surface area contributed by atoms with Gasteiger partial charge in [-0.15, -0.1) is 12.4 Å². The zero-order valence-corrected chi connectivity index (χ0v) is 15.7. The summed E-state index contributed by atoms with van der Waals surface area (Å²) in [7, 11) is 0. The average molecular weight is 373 g/mol. The molecule has 4 rings (SSSR count). The number of amides is 1. The lowest BCUT2D eigenvalue weighted by molar-refractivity contribution is -0.140. The Kier molecular flexibility index (Phi) is 5.97. The summed E-state index contributed by atoms with van der Waals surface area (Å²) in [5.41, 5.74) is 3.83. The Bertz CT molecular complexity index is 753. The predicted molar refractivity (Wildman–Crippen MR) is 105 cm³/mol. The van der Waals surface area contributed by atoms with E-state index in [1.165, 1.54) is 16.7 Å². The lowest BCUT2D eigenvalue weighted by atomic mass is 9.84. The van der Waals surface area contributed by atoms with E-state index in [1.54, 1.807) is 0 Å². The van der Waals surface area contributed by atoms with E-state index in [1.807, 2.05) is 17.9 Å². The molecule has 1 fully saturated rings. The summed E-state index contributed by atoms with van der Waals surface area (Å²) in [5.74, 6) is 0.359. The number of nitrogens with zero attached hydrogens (tertiary/aromatic N) is 1. The van der Waals surface area contributed by atoms with Crippen molar-refractivity contribution < 1.29 is 9.53 Å². The van der Waals surface area contributed by atoms with Crippen LogP contribution in [0.4, 0.5) is 0 Å². The maximum absolute atomic E-state index is 13.1. The molecule has 0 radical (unpaired) electrons. The lowest BCUT2D eigenvalue weighted by Gasteiger charge is -2.39. The van der Waals surface area contributed by atoms with Gasteiger partial charge < -0.3 is 15.0 Å². The summed E-state index contributed by atoms with van der Waals surface area (Å²) in [6, 6.07) is 18.7. The second-order valence-corrected chi connectivity index (χ2v) is 6.89. The minimum Gasteiger partial charge on any atom is -0.375 e. The molecule has 0 aliphatic carbocycles. The molecule has 2 aromatic rings. The molecule has 5 heteroatoms. The Balaban J connectivity index is 0.00000196. The van der Waals surface area contributed by atoms with Crippen molar-refractivity contribution in [2.45, 2.75) is 31.5 Å². The molecule has 0 aromatic heterocycles. The highest BCUT2D eigenvalue weighted by Crippen LogP contribution is 2.33. The quantitative estimate of drug-likeness (QED) is 0.881. The van der Waals surface area contributed by atoms with E-state index in [-0.39, 0.29) is 36.4 Å². The number of carbonyl (C=O) groups is 1. The first-order valence-corrected chi connectivity index (χ1v) is 9.00. The fraction of sp³-hybridized carbons (Fsp3) is 0.381. The van der Waals surface area contributed by atoms with Gasteiger partial charge in [-0.3, -0.25) is 4.79 Å². The molecule has 2 heterocycles. The number of nitrogens with one attached hydrogen (secondary N) is 1. The fourth-order valence-electron chi connectivity index (χ4n) is 3.95. The van der Waals surface area contributed by atoms with Crippen LogP contribution in [0.5, 0.6) is 0 Å². The van der Waals surface area contributed by atoms with E-state index >= 15 is 0 Å². The normalized spacial score (nSPS) is 25.1. The van der Waals surface area contributed by atoms with Crippen molar-refractivity contribution in [1.82, 2.24) is 10.2 Å². The van der Waals surface area contributed by atoms with Crippen LogP contribution in [0.2, 0.25) is 0 Å². The topological polar surface area (TPSA) is 41.6 Å². The molecule has 2 aliphatic rings. The molecule has 1 amide bonds. The molecular formula is C21H25ClN2O2. The van der Waals surface area contributed by atoms with E-state index in [0.29, 0.717) is 19.7 Å². The minimum atomic E-state index is -0.254. The number of hydrogen-bond donors (Lipinski definition) is 1. The van der Waals surface area contributed by atoms with Gasteiger partial charge >= 0.3 is 0 Å². The zero-order valence-electron chi connectivity index (χ0n) is 14.9. The SMILES string of the molecule is C[C@H]1OCCN[C@@H]1C(=O)N1Cc2ccccc2C(c2ccccc2)C1.Cl. The maximum atomic E-state index is 13.1. The molecule has 1 N–H and O–H groups in total. The predicted octanol–water partition coefficient (Wildman–Crippen LogP) is 2.96. The molecule has 2 aliphatic heterocycles. The van der Waals surface area contributed by atoms with E-state index in [0.717, 1.165) is 6.54 Å². The van der Waals surface area contributed by atoms with E-state index in [2.05, 4.69) is 53.8 Å². The minimum absolute atomic E-state index is 0. The van der Waals surface area contributed by atoms with Gasteiger partial charge in [0.2, 0.25) is 5.91 Å². The number of fused-ring (bicyclic) bond motifs is 1. The van der Waals surface area contributed by atoms with Crippen molar-refractivity contribution in [1.29, 1.82) is 0 Å². The number of ether oxygens (including phenoxy) is 1. The molecule has 26 heavy (non-hydrogen) atoms. The molecule has 4 nitrogen and oxygen atoms in total. The molecule has 138 valence electrons. The number of hydrogen-bond acceptors (Lipinski definition) is 3. The van der Waals surface area contributed by atoms with Crippen molar-refractivity contribution in [3.05, 3.63) is 71.3 Å². The highest BCUT2D eigenvalue weighted by molar-refractivity contribution is 5.85. The first kappa shape index (κ1) is 18.9. The highest BCUT2D eigenvalue weighted by Gasteiger charge is 2.35. The van der Waals surface area contributed by atoms with Gasteiger partial charge in [0, 0.05) is 25.6 Å². The van der Waals surface area contributed by atoms with Crippen LogP contribution in [0.1, 0.15) is 29.5 Å². The molecule has 1 unspecified atom stereocenters. The summed E-state index contributed by atoms with van der Waals surface area (Å²) >= 11 is 0. The number of rotatable bonds is 2. The third-order valence-electron chi connectivity index (χ3n) is 5.29. The Hall–Kier alpha value is -1.88. The third kappa shape index (κ3) is 3.63. The standard InChI is InChI=1S/C21H24N2O2.ClH/c1-15-20(22-11-12-25-15)21(24)23-13-17-9-5-6-10-18(17)19(14-23)16-7-3-2-4-8-16;/h2-10,15,19-20,22H,11-14H2,1H3;1H/t15-,19?,20+;/m1./s1. The Morgan fingerprint density at radius 2 is 1.85 bits per heavy atom. The smallest absolute Gasteiger partial charge is 0.242 e. The van der Waals surface area contributed by atoms with Crippen LogP contribution in [0.15, 0.2) is 54.6 Å². The Labute approximate surface area is 160 Å². The molecule has 0 saturated carbocycles. The van der Waals surface area contributed by atoms with Gasteiger partial charge in [0.15, 0.2) is 0 Å². The van der Waals surface area contributed by atoms with Crippen molar-refractivity contribution >= 4 is 18.3 Å². The third-order valence-corrected chi connectivity index (χ3v) is 5.29. The first-order chi connectivity index (χ1) is 12.2. The summed E-state index contributed by atoms with van der Waals surface area (Å²) < 4.78 is 5.67. The molecule has 3 atom stereocenters. The number of carbonyl (C=O) groups excluding carboxylic acids is 1. The summed E-state index contributed by atoms with van der Waals surface area (Å²) in [6.07, 6.45) is -0.0893. The zero-order chi connectivity index (χ0) is 17.2. The second kappa shape index (κ2) is 8.21. The van der Waals surface area contributed by atoms with Gasteiger partial charge in [0.1, 0.15) is 6.04 Å². The van der Waals surface area contributed by atoms with Crippen molar-refractivity contribution in [3.63, 3.8) is 0 Å². The van der Waals surface area contributed by atoms with Gasteiger partial charge in [-0.05, 0) is 23.6 Å². The maximum Gasteiger partial charge on any atom is 0.242 e.